The molecule has 0 radical (unpaired) electrons. The number of hydrogen-bond donors (Lipinski definition) is 2. The zero-order chi connectivity index (χ0) is 14.7. The van der Waals surface area contributed by atoms with Crippen LogP contribution in [0.3, 0.4) is 0 Å². The molecule has 0 spiro atoms. The maximum Gasteiger partial charge on any atom is 0.170 e. The second kappa shape index (κ2) is 6.15. The monoisotopic (exact) mass is 288 g/mol. The fourth-order valence-electron chi connectivity index (χ4n) is 2.67. The van der Waals surface area contributed by atoms with E-state index in [1.165, 1.54) is 0 Å². The van der Waals surface area contributed by atoms with Gasteiger partial charge in [0.2, 0.25) is 0 Å². The van der Waals surface area contributed by atoms with Gasteiger partial charge in [-0.15, -0.1) is 0 Å². The maximum atomic E-state index is 8.79. The highest BCUT2D eigenvalue weighted by atomic mass is 16.5. The van der Waals surface area contributed by atoms with Crippen molar-refractivity contribution in [3.63, 3.8) is 0 Å². The molecule has 1 aromatic carbocycles. The average molecular weight is 288 g/mol. The Balaban J connectivity index is 1.78. The van der Waals surface area contributed by atoms with Crippen molar-refractivity contribution in [1.82, 2.24) is 9.47 Å². The Labute approximate surface area is 123 Å². The van der Waals surface area contributed by atoms with Crippen molar-refractivity contribution in [2.75, 3.05) is 32.8 Å². The molecule has 0 amide bonds. The first-order valence-corrected chi connectivity index (χ1v) is 7.15. The number of benzene rings is 1. The summed E-state index contributed by atoms with van der Waals surface area (Å²) >= 11 is 0. The quantitative estimate of drug-likeness (QED) is 0.382. The molecule has 6 nitrogen and oxygen atoms in total. The minimum Gasteiger partial charge on any atom is -0.409 e. The Hall–Kier alpha value is -2.05. The Morgan fingerprint density at radius 2 is 2.05 bits per heavy atom. The largest absolute Gasteiger partial charge is 0.409 e. The van der Waals surface area contributed by atoms with Gasteiger partial charge in [-0.05, 0) is 17.5 Å². The predicted molar refractivity (Wildman–Crippen MR) is 81.7 cm³/mol. The van der Waals surface area contributed by atoms with Crippen molar-refractivity contribution < 1.29 is 9.94 Å². The van der Waals surface area contributed by atoms with Crippen LogP contribution in [0.15, 0.2) is 35.6 Å². The van der Waals surface area contributed by atoms with Crippen LogP contribution >= 0.6 is 0 Å². The fraction of sp³-hybridized carbons (Fsp3) is 0.400. The van der Waals surface area contributed by atoms with Crippen LogP contribution in [-0.4, -0.2) is 53.4 Å². The van der Waals surface area contributed by atoms with Gasteiger partial charge < -0.3 is 20.2 Å². The summed E-state index contributed by atoms with van der Waals surface area (Å²) in [6, 6.07) is 7.91. The lowest BCUT2D eigenvalue weighted by Crippen LogP contribution is -2.38. The average Bonchev–Trinajstić information content (AvgIpc) is 2.95. The Morgan fingerprint density at radius 1 is 1.24 bits per heavy atom. The van der Waals surface area contributed by atoms with Crippen molar-refractivity contribution in [3.8, 4) is 0 Å². The standard InChI is InChI=1S/C15H20N4O2/c16-15(17-20)13-2-1-12-3-4-19(14(12)11-13)6-5-18-7-9-21-10-8-18/h1-4,11,20H,5-10H2,(H2,16,17). The molecular weight excluding hydrogens is 268 g/mol. The van der Waals surface area contributed by atoms with E-state index in [1.807, 2.05) is 18.2 Å². The number of fused-ring (bicyclic) bond motifs is 1. The predicted octanol–water partition coefficient (Wildman–Crippen LogP) is 1.07. The van der Waals surface area contributed by atoms with Crippen LogP contribution in [0.2, 0.25) is 0 Å². The molecule has 21 heavy (non-hydrogen) atoms. The van der Waals surface area contributed by atoms with E-state index in [2.05, 4.69) is 26.9 Å². The molecule has 3 N–H and O–H groups in total. The van der Waals surface area contributed by atoms with Crippen LogP contribution in [0, 0.1) is 0 Å². The molecule has 0 aliphatic carbocycles. The highest BCUT2D eigenvalue weighted by Crippen LogP contribution is 2.18. The van der Waals surface area contributed by atoms with E-state index in [0.717, 1.165) is 55.9 Å². The van der Waals surface area contributed by atoms with E-state index >= 15 is 0 Å². The highest BCUT2D eigenvalue weighted by molar-refractivity contribution is 6.00. The first-order chi connectivity index (χ1) is 10.3. The maximum absolute atomic E-state index is 8.79. The minimum atomic E-state index is 0.137. The van der Waals surface area contributed by atoms with E-state index in [4.69, 9.17) is 15.7 Å². The van der Waals surface area contributed by atoms with Gasteiger partial charge in [0.05, 0.1) is 13.2 Å². The van der Waals surface area contributed by atoms with Gasteiger partial charge in [0.1, 0.15) is 0 Å². The first-order valence-electron chi connectivity index (χ1n) is 7.15. The molecule has 3 rings (SSSR count). The molecule has 0 saturated carbocycles. The van der Waals surface area contributed by atoms with E-state index in [0.29, 0.717) is 0 Å². The zero-order valence-electron chi connectivity index (χ0n) is 11.9. The number of oxime groups is 1. The molecule has 1 fully saturated rings. The molecule has 0 unspecified atom stereocenters. The van der Waals surface area contributed by atoms with Gasteiger partial charge in [0.15, 0.2) is 5.84 Å². The Bertz CT molecular complexity index is 644. The summed E-state index contributed by atoms with van der Waals surface area (Å²) in [7, 11) is 0. The lowest BCUT2D eigenvalue weighted by Gasteiger charge is -2.26. The summed E-state index contributed by atoms with van der Waals surface area (Å²) < 4.78 is 7.57. The second-order valence-electron chi connectivity index (χ2n) is 5.22. The number of rotatable bonds is 4. The van der Waals surface area contributed by atoms with Crippen molar-refractivity contribution in [2.24, 2.45) is 10.9 Å². The summed E-state index contributed by atoms with van der Waals surface area (Å²) in [5.74, 6) is 0.137. The first kappa shape index (κ1) is 13.9. The van der Waals surface area contributed by atoms with Crippen LogP contribution in [0.5, 0.6) is 0 Å². The normalized spacial score (nSPS) is 17.4. The minimum absolute atomic E-state index is 0.137. The summed E-state index contributed by atoms with van der Waals surface area (Å²) in [4.78, 5) is 2.41. The summed E-state index contributed by atoms with van der Waals surface area (Å²) in [5.41, 5.74) is 7.50. The molecule has 1 aliphatic rings. The van der Waals surface area contributed by atoms with Crippen molar-refractivity contribution >= 4 is 16.7 Å². The SMILES string of the molecule is N/C(=N/O)c1ccc2ccn(CCN3CCOCC3)c2c1. The molecule has 2 heterocycles. The van der Waals surface area contributed by atoms with Gasteiger partial charge >= 0.3 is 0 Å². The molecule has 1 aliphatic heterocycles. The van der Waals surface area contributed by atoms with E-state index < -0.39 is 0 Å². The second-order valence-corrected chi connectivity index (χ2v) is 5.22. The van der Waals surface area contributed by atoms with E-state index in [1.54, 1.807) is 0 Å². The third kappa shape index (κ3) is 3.01. The van der Waals surface area contributed by atoms with Crippen LogP contribution in [0.4, 0.5) is 0 Å². The van der Waals surface area contributed by atoms with Gasteiger partial charge in [0, 0.05) is 43.5 Å². The van der Waals surface area contributed by atoms with E-state index in [9.17, 15) is 0 Å². The number of ether oxygens (including phenoxy) is 1. The van der Waals surface area contributed by atoms with E-state index in [-0.39, 0.29) is 5.84 Å². The van der Waals surface area contributed by atoms with Crippen molar-refractivity contribution in [1.29, 1.82) is 0 Å². The summed E-state index contributed by atoms with van der Waals surface area (Å²) in [6.45, 7) is 5.55. The van der Waals surface area contributed by atoms with Crippen LogP contribution in [-0.2, 0) is 11.3 Å². The zero-order valence-corrected chi connectivity index (χ0v) is 11.9. The summed E-state index contributed by atoms with van der Waals surface area (Å²) in [6.07, 6.45) is 2.08. The number of nitrogens with zero attached hydrogens (tertiary/aromatic N) is 3. The van der Waals surface area contributed by atoms with Gasteiger partial charge in [-0.1, -0.05) is 17.3 Å². The molecule has 1 saturated heterocycles. The van der Waals surface area contributed by atoms with Gasteiger partial charge in [0.25, 0.3) is 0 Å². The smallest absolute Gasteiger partial charge is 0.170 e. The lowest BCUT2D eigenvalue weighted by molar-refractivity contribution is 0.0365. The topological polar surface area (TPSA) is 76.0 Å². The molecule has 1 aromatic heterocycles. The molecule has 6 heteroatoms. The molecule has 2 aromatic rings. The van der Waals surface area contributed by atoms with Crippen molar-refractivity contribution in [3.05, 3.63) is 36.0 Å². The number of nitrogens with two attached hydrogens (primary N) is 1. The number of morpholine rings is 1. The lowest BCUT2D eigenvalue weighted by atomic mass is 10.1. The molecule has 0 bridgehead atoms. The molecule has 112 valence electrons. The van der Waals surface area contributed by atoms with Crippen LogP contribution in [0.25, 0.3) is 10.9 Å². The molecular formula is C15H20N4O2. The number of hydrogen-bond acceptors (Lipinski definition) is 4. The van der Waals surface area contributed by atoms with Gasteiger partial charge in [-0.3, -0.25) is 4.90 Å². The Morgan fingerprint density at radius 3 is 2.81 bits per heavy atom. The third-order valence-corrected chi connectivity index (χ3v) is 3.94. The fourth-order valence-corrected chi connectivity index (χ4v) is 2.67. The highest BCUT2D eigenvalue weighted by Gasteiger charge is 2.11. The van der Waals surface area contributed by atoms with Gasteiger partial charge in [-0.2, -0.15) is 0 Å². The third-order valence-electron chi connectivity index (χ3n) is 3.94. The number of amidine groups is 1. The molecule has 0 atom stereocenters. The summed E-state index contributed by atoms with van der Waals surface area (Å²) in [5, 5.41) is 13.0. The van der Waals surface area contributed by atoms with Crippen molar-refractivity contribution in [2.45, 2.75) is 6.54 Å². The van der Waals surface area contributed by atoms with Crippen LogP contribution in [0.1, 0.15) is 5.56 Å². The number of aromatic nitrogens is 1. The van der Waals surface area contributed by atoms with Gasteiger partial charge in [-0.25, -0.2) is 0 Å². The van der Waals surface area contributed by atoms with Crippen LogP contribution < -0.4 is 5.73 Å². The Kier molecular flexibility index (Phi) is 4.08.